The smallest absolute Gasteiger partial charge is 0.408 e. The lowest BCUT2D eigenvalue weighted by Gasteiger charge is -2.21. The second-order valence-corrected chi connectivity index (χ2v) is 5.40. The molecule has 1 amide bonds. The third-order valence-corrected chi connectivity index (χ3v) is 2.50. The molecule has 1 aromatic carbocycles. The highest BCUT2D eigenvalue weighted by atomic mass is 16.6. The maximum atomic E-state index is 11.6. The molecule has 5 nitrogen and oxygen atoms in total. The molecule has 0 radical (unpaired) electrons. The van der Waals surface area contributed by atoms with Gasteiger partial charge in [0.2, 0.25) is 0 Å². The summed E-state index contributed by atoms with van der Waals surface area (Å²) in [7, 11) is 1.57. The molecule has 20 heavy (non-hydrogen) atoms. The fourth-order valence-corrected chi connectivity index (χ4v) is 1.70. The van der Waals surface area contributed by atoms with E-state index in [2.05, 4.69) is 5.32 Å². The summed E-state index contributed by atoms with van der Waals surface area (Å²) in [6, 6.07) is 6.71. The Kier molecular flexibility index (Phi) is 5.55. The summed E-state index contributed by atoms with van der Waals surface area (Å²) in [5, 5.41) is 2.54. The van der Waals surface area contributed by atoms with Crippen LogP contribution in [0.25, 0.3) is 0 Å². The first-order valence-electron chi connectivity index (χ1n) is 6.42. The second kappa shape index (κ2) is 6.93. The Morgan fingerprint density at radius 1 is 1.35 bits per heavy atom. The molecule has 0 bridgehead atoms. The summed E-state index contributed by atoms with van der Waals surface area (Å²) in [6.07, 6.45) is 0.438. The molecule has 0 spiro atoms. The van der Waals surface area contributed by atoms with Gasteiger partial charge >= 0.3 is 6.09 Å². The van der Waals surface area contributed by atoms with Gasteiger partial charge in [0, 0.05) is 6.42 Å². The standard InChI is InChI=1S/C15H21NO4/c1-15(2,3)20-14(18)16-12(10-17)9-11-7-5-6-8-13(11)19-4/h5-8,10,12H,9H2,1-4H3,(H,16,18). The van der Waals surface area contributed by atoms with Crippen LogP contribution in [0.1, 0.15) is 26.3 Å². The van der Waals surface area contributed by atoms with Gasteiger partial charge in [-0.1, -0.05) is 18.2 Å². The maximum absolute atomic E-state index is 11.6. The maximum Gasteiger partial charge on any atom is 0.408 e. The van der Waals surface area contributed by atoms with Gasteiger partial charge in [0.05, 0.1) is 13.2 Å². The average Bonchev–Trinajstić information content (AvgIpc) is 2.36. The quantitative estimate of drug-likeness (QED) is 0.840. The van der Waals surface area contributed by atoms with Crippen LogP contribution in [-0.4, -0.2) is 31.1 Å². The van der Waals surface area contributed by atoms with Gasteiger partial charge in [0.1, 0.15) is 17.6 Å². The number of para-hydroxylation sites is 1. The third-order valence-electron chi connectivity index (χ3n) is 2.50. The highest BCUT2D eigenvalue weighted by Crippen LogP contribution is 2.18. The number of nitrogens with one attached hydrogen (secondary N) is 1. The molecule has 0 saturated carbocycles. The van der Waals surface area contributed by atoms with Crippen molar-refractivity contribution in [3.05, 3.63) is 29.8 Å². The predicted molar refractivity (Wildman–Crippen MR) is 75.9 cm³/mol. The predicted octanol–water partition coefficient (Wildman–Crippen LogP) is 2.33. The largest absolute Gasteiger partial charge is 0.496 e. The van der Waals surface area contributed by atoms with Crippen LogP contribution in [0.2, 0.25) is 0 Å². The summed E-state index contributed by atoms with van der Waals surface area (Å²) in [4.78, 5) is 22.7. The number of carbonyl (C=O) groups is 2. The molecule has 1 atom stereocenters. The molecule has 0 heterocycles. The Bertz CT molecular complexity index is 465. The molecule has 1 N–H and O–H groups in total. The molecular weight excluding hydrogens is 258 g/mol. The van der Waals surface area contributed by atoms with Gasteiger partial charge in [-0.15, -0.1) is 0 Å². The summed E-state index contributed by atoms with van der Waals surface area (Å²) in [5.41, 5.74) is 0.255. The highest BCUT2D eigenvalue weighted by molar-refractivity contribution is 5.73. The van der Waals surface area contributed by atoms with E-state index in [0.717, 1.165) is 5.56 Å². The monoisotopic (exact) mass is 279 g/mol. The highest BCUT2D eigenvalue weighted by Gasteiger charge is 2.20. The molecule has 0 saturated heterocycles. The number of benzene rings is 1. The molecule has 110 valence electrons. The number of alkyl carbamates (subject to hydrolysis) is 1. The number of hydrogen-bond donors (Lipinski definition) is 1. The molecule has 0 aliphatic heterocycles. The van der Waals surface area contributed by atoms with Gasteiger partial charge in [0.25, 0.3) is 0 Å². The minimum absolute atomic E-state index is 0.354. The second-order valence-electron chi connectivity index (χ2n) is 5.40. The van der Waals surface area contributed by atoms with E-state index in [9.17, 15) is 9.59 Å². The van der Waals surface area contributed by atoms with Crippen molar-refractivity contribution < 1.29 is 19.1 Å². The normalized spacial score (nSPS) is 12.4. The Balaban J connectivity index is 2.68. The number of carbonyl (C=O) groups excluding carboxylic acids is 2. The molecule has 0 aliphatic rings. The van der Waals surface area contributed by atoms with Crippen molar-refractivity contribution in [2.24, 2.45) is 0 Å². The van der Waals surface area contributed by atoms with Crippen molar-refractivity contribution in [2.75, 3.05) is 7.11 Å². The van der Waals surface area contributed by atoms with E-state index in [1.807, 2.05) is 24.3 Å². The lowest BCUT2D eigenvalue weighted by atomic mass is 10.1. The number of methoxy groups -OCH3 is 1. The van der Waals surface area contributed by atoms with Crippen LogP contribution in [0.4, 0.5) is 4.79 Å². The van der Waals surface area contributed by atoms with Crippen molar-refractivity contribution in [3.8, 4) is 5.75 Å². The zero-order chi connectivity index (χ0) is 15.2. The minimum Gasteiger partial charge on any atom is -0.496 e. The van der Waals surface area contributed by atoms with Crippen LogP contribution in [0.5, 0.6) is 5.75 Å². The molecule has 0 aliphatic carbocycles. The first-order valence-corrected chi connectivity index (χ1v) is 6.42. The van der Waals surface area contributed by atoms with Crippen LogP contribution in [-0.2, 0) is 16.0 Å². The van der Waals surface area contributed by atoms with E-state index in [-0.39, 0.29) is 0 Å². The van der Waals surface area contributed by atoms with Crippen molar-refractivity contribution in [1.29, 1.82) is 0 Å². The van der Waals surface area contributed by atoms with Crippen molar-refractivity contribution >= 4 is 12.4 Å². The van der Waals surface area contributed by atoms with Crippen molar-refractivity contribution in [3.63, 3.8) is 0 Å². The molecule has 5 heteroatoms. The van der Waals surface area contributed by atoms with Gasteiger partial charge in [-0.25, -0.2) is 4.79 Å². The molecule has 1 aromatic rings. The van der Waals surface area contributed by atoms with Crippen LogP contribution >= 0.6 is 0 Å². The molecule has 0 aromatic heterocycles. The van der Waals surface area contributed by atoms with E-state index in [0.29, 0.717) is 18.5 Å². The first-order chi connectivity index (χ1) is 9.35. The SMILES string of the molecule is COc1ccccc1CC(C=O)NC(=O)OC(C)(C)C. The molecule has 0 fully saturated rings. The van der Waals surface area contributed by atoms with Crippen molar-refractivity contribution in [2.45, 2.75) is 38.8 Å². The zero-order valence-corrected chi connectivity index (χ0v) is 12.3. The molecular formula is C15H21NO4. The molecule has 1 rings (SSSR count). The lowest BCUT2D eigenvalue weighted by molar-refractivity contribution is -0.109. The van der Waals surface area contributed by atoms with Crippen LogP contribution in [0.3, 0.4) is 0 Å². The van der Waals surface area contributed by atoms with E-state index < -0.39 is 17.7 Å². The van der Waals surface area contributed by atoms with Gasteiger partial charge < -0.3 is 19.6 Å². The third kappa shape index (κ3) is 5.30. The Labute approximate surface area is 119 Å². The fourth-order valence-electron chi connectivity index (χ4n) is 1.70. The van der Waals surface area contributed by atoms with Crippen LogP contribution < -0.4 is 10.1 Å². The Morgan fingerprint density at radius 3 is 2.55 bits per heavy atom. The summed E-state index contributed by atoms with van der Waals surface area (Å²) in [6.45, 7) is 5.30. The summed E-state index contributed by atoms with van der Waals surface area (Å²) < 4.78 is 10.3. The number of rotatable bonds is 5. The van der Waals surface area contributed by atoms with E-state index >= 15 is 0 Å². The number of amides is 1. The Hall–Kier alpha value is -2.04. The van der Waals surface area contributed by atoms with Crippen LogP contribution in [0, 0.1) is 0 Å². The summed E-state index contributed by atoms with van der Waals surface area (Å²) in [5.74, 6) is 0.685. The van der Waals surface area contributed by atoms with E-state index in [1.165, 1.54) is 0 Å². The topological polar surface area (TPSA) is 64.6 Å². The van der Waals surface area contributed by atoms with Gasteiger partial charge in [-0.2, -0.15) is 0 Å². The fraction of sp³-hybridized carbons (Fsp3) is 0.467. The summed E-state index contributed by atoms with van der Waals surface area (Å²) >= 11 is 0. The minimum atomic E-state index is -0.652. The lowest BCUT2D eigenvalue weighted by Crippen LogP contribution is -2.41. The number of aldehydes is 1. The van der Waals surface area contributed by atoms with E-state index in [1.54, 1.807) is 27.9 Å². The zero-order valence-electron chi connectivity index (χ0n) is 12.3. The van der Waals surface area contributed by atoms with Crippen molar-refractivity contribution in [1.82, 2.24) is 5.32 Å². The van der Waals surface area contributed by atoms with Crippen LogP contribution in [0.15, 0.2) is 24.3 Å². The first kappa shape index (κ1) is 16.0. The average molecular weight is 279 g/mol. The number of ether oxygens (including phenoxy) is 2. The van der Waals surface area contributed by atoms with E-state index in [4.69, 9.17) is 9.47 Å². The van der Waals surface area contributed by atoms with Gasteiger partial charge in [-0.3, -0.25) is 0 Å². The van der Waals surface area contributed by atoms with Gasteiger partial charge in [0.15, 0.2) is 0 Å². The van der Waals surface area contributed by atoms with Gasteiger partial charge in [-0.05, 0) is 32.4 Å². The number of hydrogen-bond acceptors (Lipinski definition) is 4. The Morgan fingerprint density at radius 2 is 2.00 bits per heavy atom. The molecule has 1 unspecified atom stereocenters.